The Bertz CT molecular complexity index is 309. The summed E-state index contributed by atoms with van der Waals surface area (Å²) in [5, 5.41) is 9.04. The van der Waals surface area contributed by atoms with Crippen LogP contribution in [0.4, 0.5) is 0 Å². The van der Waals surface area contributed by atoms with E-state index in [4.69, 9.17) is 9.84 Å². The lowest BCUT2D eigenvalue weighted by Gasteiger charge is -2.22. The fourth-order valence-corrected chi connectivity index (χ4v) is 1.90. The lowest BCUT2D eigenvalue weighted by Crippen LogP contribution is -2.27. The Morgan fingerprint density at radius 2 is 1.94 bits per heavy atom. The number of aliphatic hydroxyl groups is 1. The first-order valence-electron chi connectivity index (χ1n) is 6.35. The highest BCUT2D eigenvalue weighted by Crippen LogP contribution is 2.19. The Hall–Kier alpha value is -1.06. The van der Waals surface area contributed by atoms with Gasteiger partial charge in [0, 0.05) is 18.7 Å². The van der Waals surface area contributed by atoms with Crippen molar-refractivity contribution in [2.24, 2.45) is 0 Å². The lowest BCUT2D eigenvalue weighted by molar-refractivity contribution is 0.188. The van der Waals surface area contributed by atoms with Gasteiger partial charge in [0.2, 0.25) is 0 Å². The van der Waals surface area contributed by atoms with Gasteiger partial charge >= 0.3 is 0 Å². The van der Waals surface area contributed by atoms with Crippen LogP contribution in [0.2, 0.25) is 0 Å². The first-order valence-corrected chi connectivity index (χ1v) is 6.35. The van der Waals surface area contributed by atoms with E-state index in [1.54, 1.807) is 0 Å². The molecule has 0 spiro atoms. The number of ether oxygens (including phenoxy) is 1. The van der Waals surface area contributed by atoms with E-state index < -0.39 is 0 Å². The molecule has 17 heavy (non-hydrogen) atoms. The van der Waals surface area contributed by atoms with Gasteiger partial charge in [0.15, 0.2) is 0 Å². The van der Waals surface area contributed by atoms with Crippen molar-refractivity contribution in [2.75, 3.05) is 26.3 Å². The van der Waals surface area contributed by atoms with E-state index in [0.717, 1.165) is 25.3 Å². The summed E-state index contributed by atoms with van der Waals surface area (Å²) in [5.74, 6) is 0.953. The summed E-state index contributed by atoms with van der Waals surface area (Å²) < 4.78 is 5.60. The number of para-hydroxylation sites is 1. The smallest absolute Gasteiger partial charge is 0.123 e. The molecule has 1 aromatic carbocycles. The van der Waals surface area contributed by atoms with Gasteiger partial charge in [-0.25, -0.2) is 0 Å². The van der Waals surface area contributed by atoms with Crippen molar-refractivity contribution >= 4 is 0 Å². The summed E-state index contributed by atoms with van der Waals surface area (Å²) in [7, 11) is 0. The van der Waals surface area contributed by atoms with Crippen molar-refractivity contribution in [1.82, 2.24) is 4.90 Å². The maximum absolute atomic E-state index is 9.04. The molecule has 0 heterocycles. The van der Waals surface area contributed by atoms with E-state index in [9.17, 15) is 0 Å². The molecule has 0 saturated carbocycles. The summed E-state index contributed by atoms with van der Waals surface area (Å²) in [6, 6.07) is 8.11. The zero-order valence-electron chi connectivity index (χ0n) is 10.9. The Balaban J connectivity index is 2.69. The highest BCUT2D eigenvalue weighted by Gasteiger charge is 2.08. The molecular weight excluding hydrogens is 214 g/mol. The first-order chi connectivity index (χ1) is 8.31. The molecule has 0 saturated heterocycles. The zero-order valence-corrected chi connectivity index (χ0v) is 10.9. The topological polar surface area (TPSA) is 32.7 Å². The molecule has 0 radical (unpaired) electrons. The zero-order chi connectivity index (χ0) is 12.5. The van der Waals surface area contributed by atoms with Crippen molar-refractivity contribution in [3.63, 3.8) is 0 Å². The molecule has 0 unspecified atom stereocenters. The molecule has 0 amide bonds. The van der Waals surface area contributed by atoms with Gasteiger partial charge in [0.05, 0.1) is 13.2 Å². The van der Waals surface area contributed by atoms with Crippen molar-refractivity contribution < 1.29 is 9.84 Å². The minimum absolute atomic E-state index is 0.205. The Kier molecular flexibility index (Phi) is 6.67. The van der Waals surface area contributed by atoms with Gasteiger partial charge in [-0.2, -0.15) is 0 Å². The third kappa shape index (κ3) is 4.75. The van der Waals surface area contributed by atoms with Crippen LogP contribution >= 0.6 is 0 Å². The van der Waals surface area contributed by atoms with Crippen LogP contribution < -0.4 is 4.74 Å². The molecule has 0 aromatic heterocycles. The summed E-state index contributed by atoms with van der Waals surface area (Å²) in [5.41, 5.74) is 1.19. The summed E-state index contributed by atoms with van der Waals surface area (Å²) in [4.78, 5) is 2.25. The average molecular weight is 237 g/mol. The van der Waals surface area contributed by atoms with Gasteiger partial charge in [-0.05, 0) is 26.0 Å². The highest BCUT2D eigenvalue weighted by atomic mass is 16.5. The predicted octanol–water partition coefficient (Wildman–Crippen LogP) is 2.29. The van der Waals surface area contributed by atoms with Crippen molar-refractivity contribution in [3.05, 3.63) is 29.8 Å². The summed E-state index contributed by atoms with van der Waals surface area (Å²) in [6.07, 6.45) is 1.09. The second-order valence-electron chi connectivity index (χ2n) is 4.04. The monoisotopic (exact) mass is 237 g/mol. The largest absolute Gasteiger partial charge is 0.494 e. The molecule has 96 valence electrons. The van der Waals surface area contributed by atoms with Crippen molar-refractivity contribution in [3.8, 4) is 5.75 Å². The highest BCUT2D eigenvalue weighted by molar-refractivity contribution is 5.33. The molecule has 0 atom stereocenters. The van der Waals surface area contributed by atoms with Crippen LogP contribution in [0.3, 0.4) is 0 Å². The molecule has 0 aliphatic carbocycles. The quantitative estimate of drug-likeness (QED) is 0.753. The van der Waals surface area contributed by atoms with E-state index in [2.05, 4.69) is 17.9 Å². The second kappa shape index (κ2) is 8.09. The number of hydrogen-bond donors (Lipinski definition) is 1. The first kappa shape index (κ1) is 14.0. The fourth-order valence-electron chi connectivity index (χ4n) is 1.90. The second-order valence-corrected chi connectivity index (χ2v) is 4.04. The number of rotatable bonds is 8. The van der Waals surface area contributed by atoms with E-state index in [0.29, 0.717) is 13.2 Å². The molecule has 1 rings (SSSR count). The molecule has 1 N–H and O–H groups in total. The van der Waals surface area contributed by atoms with Gasteiger partial charge in [0.25, 0.3) is 0 Å². The van der Waals surface area contributed by atoms with Crippen LogP contribution in [-0.2, 0) is 6.54 Å². The van der Waals surface area contributed by atoms with Gasteiger partial charge in [-0.15, -0.1) is 0 Å². The molecule has 0 aliphatic heterocycles. The number of aliphatic hydroxyl groups excluding tert-OH is 1. The Morgan fingerprint density at radius 3 is 2.59 bits per heavy atom. The van der Waals surface area contributed by atoms with Gasteiger partial charge in [-0.3, -0.25) is 4.90 Å². The van der Waals surface area contributed by atoms with E-state index in [1.807, 2.05) is 25.1 Å². The third-order valence-electron chi connectivity index (χ3n) is 2.62. The molecule has 0 fully saturated rings. The van der Waals surface area contributed by atoms with Gasteiger partial charge in [0.1, 0.15) is 5.75 Å². The molecule has 0 bridgehead atoms. The number of nitrogens with zero attached hydrogens (tertiary/aromatic N) is 1. The van der Waals surface area contributed by atoms with E-state index in [-0.39, 0.29) is 6.61 Å². The van der Waals surface area contributed by atoms with Crippen molar-refractivity contribution in [2.45, 2.75) is 26.8 Å². The summed E-state index contributed by atoms with van der Waals surface area (Å²) >= 11 is 0. The maximum Gasteiger partial charge on any atom is 0.123 e. The van der Waals surface area contributed by atoms with Crippen LogP contribution in [0.5, 0.6) is 5.75 Å². The van der Waals surface area contributed by atoms with Crippen molar-refractivity contribution in [1.29, 1.82) is 0 Å². The van der Waals surface area contributed by atoms with Crippen LogP contribution in [0.25, 0.3) is 0 Å². The standard InChI is InChI=1S/C14H23NO2/c1-3-9-15(10-11-16)12-13-7-5-6-8-14(13)17-4-2/h5-8,16H,3-4,9-12H2,1-2H3. The normalized spacial score (nSPS) is 10.8. The van der Waals surface area contributed by atoms with E-state index in [1.165, 1.54) is 5.56 Å². The van der Waals surface area contributed by atoms with Gasteiger partial charge < -0.3 is 9.84 Å². The number of hydrogen-bond acceptors (Lipinski definition) is 3. The Labute approximate surface area is 104 Å². The number of benzene rings is 1. The molecule has 3 nitrogen and oxygen atoms in total. The SMILES string of the molecule is CCCN(CCO)Cc1ccccc1OCC. The molecule has 3 heteroatoms. The molecule has 1 aromatic rings. The minimum atomic E-state index is 0.205. The average Bonchev–Trinajstić information content (AvgIpc) is 2.33. The Morgan fingerprint density at radius 1 is 1.18 bits per heavy atom. The predicted molar refractivity (Wildman–Crippen MR) is 70.3 cm³/mol. The van der Waals surface area contributed by atoms with Crippen LogP contribution in [0.15, 0.2) is 24.3 Å². The maximum atomic E-state index is 9.04. The van der Waals surface area contributed by atoms with Crippen LogP contribution in [-0.4, -0.2) is 36.3 Å². The van der Waals surface area contributed by atoms with Gasteiger partial charge in [-0.1, -0.05) is 25.1 Å². The van der Waals surface area contributed by atoms with E-state index >= 15 is 0 Å². The summed E-state index contributed by atoms with van der Waals surface area (Å²) in [6.45, 7) is 7.59. The molecule has 0 aliphatic rings. The molecular formula is C14H23NO2. The van der Waals surface area contributed by atoms with Crippen LogP contribution in [0.1, 0.15) is 25.8 Å². The third-order valence-corrected chi connectivity index (χ3v) is 2.62. The lowest BCUT2D eigenvalue weighted by atomic mass is 10.2. The van der Waals surface area contributed by atoms with Crippen LogP contribution in [0, 0.1) is 0 Å². The fraction of sp³-hybridized carbons (Fsp3) is 0.571. The minimum Gasteiger partial charge on any atom is -0.494 e.